The number of sulfonamides is 2. The Labute approximate surface area is 169 Å². The first-order chi connectivity index (χ1) is 13.3. The van der Waals surface area contributed by atoms with Crippen molar-refractivity contribution >= 4 is 43.2 Å². The number of nitrogens with one attached hydrogen (secondary N) is 1. The van der Waals surface area contributed by atoms with Crippen molar-refractivity contribution in [1.29, 1.82) is 0 Å². The van der Waals surface area contributed by atoms with Gasteiger partial charge in [-0.2, -0.15) is 12.7 Å². The van der Waals surface area contributed by atoms with Crippen LogP contribution in [-0.4, -0.2) is 40.1 Å². The van der Waals surface area contributed by atoms with Gasteiger partial charge in [-0.05, 0) is 55.3 Å². The Morgan fingerprint density at radius 3 is 2.36 bits per heavy atom. The summed E-state index contributed by atoms with van der Waals surface area (Å²) in [6.45, 7) is 0.895. The average molecular weight is 440 g/mol. The highest BCUT2D eigenvalue weighted by atomic mass is 35.5. The predicted octanol–water partition coefficient (Wildman–Crippen LogP) is 3.08. The van der Waals surface area contributed by atoms with Crippen LogP contribution in [-0.2, 0) is 20.0 Å². The molecule has 0 aliphatic carbocycles. The third-order valence-electron chi connectivity index (χ3n) is 4.77. The molecule has 0 bridgehead atoms. The molecule has 0 atom stereocenters. The van der Waals surface area contributed by atoms with Crippen molar-refractivity contribution < 1.29 is 16.8 Å². The van der Waals surface area contributed by atoms with E-state index in [9.17, 15) is 16.8 Å². The molecule has 10 heteroatoms. The van der Waals surface area contributed by atoms with Crippen molar-refractivity contribution in [2.75, 3.05) is 18.4 Å². The molecule has 0 amide bonds. The molecule has 1 fully saturated rings. The Bertz CT molecular complexity index is 1150. The zero-order valence-electron chi connectivity index (χ0n) is 14.8. The van der Waals surface area contributed by atoms with Gasteiger partial charge in [-0.25, -0.2) is 8.42 Å². The van der Waals surface area contributed by atoms with Crippen LogP contribution in [0.4, 0.5) is 5.69 Å². The van der Waals surface area contributed by atoms with Gasteiger partial charge < -0.3 is 5.32 Å². The molecule has 2 aliphatic rings. The van der Waals surface area contributed by atoms with Crippen LogP contribution < -0.4 is 5.32 Å². The summed E-state index contributed by atoms with van der Waals surface area (Å²) >= 11 is 5.87. The van der Waals surface area contributed by atoms with Crippen LogP contribution in [0.2, 0.25) is 5.02 Å². The largest absolute Gasteiger partial charge is 0.338 e. The third kappa shape index (κ3) is 3.55. The van der Waals surface area contributed by atoms with Gasteiger partial charge in [0.1, 0.15) is 4.90 Å². The number of anilines is 1. The molecule has 28 heavy (non-hydrogen) atoms. The van der Waals surface area contributed by atoms with E-state index in [0.29, 0.717) is 23.7 Å². The molecular weight excluding hydrogens is 422 g/mol. The van der Waals surface area contributed by atoms with Gasteiger partial charge in [0.2, 0.25) is 10.0 Å². The van der Waals surface area contributed by atoms with Crippen LogP contribution in [0.1, 0.15) is 24.8 Å². The first-order valence-electron chi connectivity index (χ1n) is 8.79. The van der Waals surface area contributed by atoms with E-state index in [1.165, 1.54) is 22.5 Å². The Hall–Kier alpha value is -1.94. The molecule has 0 saturated carbocycles. The highest BCUT2D eigenvalue weighted by molar-refractivity contribution is 7.91. The number of hydrogen-bond acceptors (Lipinski definition) is 5. The molecule has 2 aromatic rings. The summed E-state index contributed by atoms with van der Waals surface area (Å²) in [6.07, 6.45) is 2.61. The topological polar surface area (TPSA) is 95.9 Å². The smallest absolute Gasteiger partial charge is 0.286 e. The number of nitrogens with zero attached hydrogens (tertiary/aromatic N) is 2. The predicted molar refractivity (Wildman–Crippen MR) is 108 cm³/mol. The minimum Gasteiger partial charge on any atom is -0.338 e. The van der Waals surface area contributed by atoms with Crippen molar-refractivity contribution in [2.45, 2.75) is 29.1 Å². The minimum atomic E-state index is -4.05. The summed E-state index contributed by atoms with van der Waals surface area (Å²) in [5, 5.41) is 3.49. The van der Waals surface area contributed by atoms with Gasteiger partial charge in [-0.3, -0.25) is 0 Å². The molecule has 1 N–H and O–H groups in total. The summed E-state index contributed by atoms with van der Waals surface area (Å²) in [6, 6.07) is 10.7. The van der Waals surface area contributed by atoms with Crippen LogP contribution >= 0.6 is 11.6 Å². The standard InChI is InChI=1S/C18H18ClN3O4S2/c19-14-6-4-13(5-7-14)18-20-16-9-8-15(12-17(16)27(23,24)21-18)28(25,26)22-10-2-1-3-11-22/h4-9,12H,1-3,10-11H2,(H,20,21). The number of benzene rings is 2. The number of rotatable bonds is 3. The van der Waals surface area contributed by atoms with Gasteiger partial charge in [-0.1, -0.05) is 18.0 Å². The van der Waals surface area contributed by atoms with E-state index in [1.54, 1.807) is 24.3 Å². The zero-order valence-corrected chi connectivity index (χ0v) is 17.2. The molecule has 2 aliphatic heterocycles. The Balaban J connectivity index is 1.72. The van der Waals surface area contributed by atoms with Gasteiger partial charge >= 0.3 is 0 Å². The lowest BCUT2D eigenvalue weighted by Crippen LogP contribution is -2.35. The highest BCUT2D eigenvalue weighted by Crippen LogP contribution is 2.32. The molecule has 2 aromatic carbocycles. The maximum Gasteiger partial charge on any atom is 0.286 e. The van der Waals surface area contributed by atoms with Gasteiger partial charge in [0.05, 0.1) is 10.6 Å². The monoisotopic (exact) mass is 439 g/mol. The second-order valence-electron chi connectivity index (χ2n) is 6.67. The number of fused-ring (bicyclic) bond motifs is 1. The van der Waals surface area contributed by atoms with E-state index in [0.717, 1.165) is 19.3 Å². The molecule has 0 radical (unpaired) electrons. The number of piperidine rings is 1. The van der Waals surface area contributed by atoms with E-state index in [4.69, 9.17) is 11.6 Å². The SMILES string of the molecule is O=S1(=O)N=C(c2ccc(Cl)cc2)Nc2ccc(S(=O)(=O)N3CCCCC3)cc21. The van der Waals surface area contributed by atoms with Crippen molar-refractivity contribution in [2.24, 2.45) is 4.40 Å². The molecule has 0 unspecified atom stereocenters. The van der Waals surface area contributed by atoms with E-state index in [-0.39, 0.29) is 21.3 Å². The summed E-state index contributed by atoms with van der Waals surface area (Å²) in [4.78, 5) is -0.188. The van der Waals surface area contributed by atoms with Crippen molar-refractivity contribution in [3.8, 4) is 0 Å². The third-order valence-corrected chi connectivity index (χ3v) is 8.23. The second kappa shape index (κ2) is 7.14. The van der Waals surface area contributed by atoms with E-state index in [1.807, 2.05) is 0 Å². The van der Waals surface area contributed by atoms with E-state index in [2.05, 4.69) is 9.71 Å². The fourth-order valence-corrected chi connectivity index (χ4v) is 6.19. The van der Waals surface area contributed by atoms with Crippen LogP contribution in [0.3, 0.4) is 0 Å². The summed E-state index contributed by atoms with van der Waals surface area (Å²) in [5.74, 6) is 0.163. The van der Waals surface area contributed by atoms with Gasteiger partial charge in [-0.15, -0.1) is 4.40 Å². The van der Waals surface area contributed by atoms with E-state index >= 15 is 0 Å². The maximum atomic E-state index is 12.9. The Morgan fingerprint density at radius 1 is 1.00 bits per heavy atom. The van der Waals surface area contributed by atoms with Crippen LogP contribution in [0.25, 0.3) is 0 Å². The lowest BCUT2D eigenvalue weighted by molar-refractivity contribution is 0.346. The summed E-state index contributed by atoms with van der Waals surface area (Å²) < 4.78 is 56.4. The van der Waals surface area contributed by atoms with Crippen molar-refractivity contribution in [3.05, 3.63) is 53.1 Å². The van der Waals surface area contributed by atoms with Gasteiger partial charge in [0, 0.05) is 23.7 Å². The number of halogens is 1. The fourth-order valence-electron chi connectivity index (χ4n) is 3.29. The second-order valence-corrected chi connectivity index (χ2v) is 10.6. The molecule has 148 valence electrons. The molecule has 0 aromatic heterocycles. The molecule has 7 nitrogen and oxygen atoms in total. The van der Waals surface area contributed by atoms with Crippen molar-refractivity contribution in [3.63, 3.8) is 0 Å². The van der Waals surface area contributed by atoms with Gasteiger partial charge in [0.15, 0.2) is 5.84 Å². The molecule has 2 heterocycles. The van der Waals surface area contributed by atoms with E-state index < -0.39 is 20.0 Å². The lowest BCUT2D eigenvalue weighted by atomic mass is 10.2. The summed E-state index contributed by atoms with van der Waals surface area (Å²) in [7, 11) is -7.79. The first-order valence-corrected chi connectivity index (χ1v) is 12.1. The average Bonchev–Trinajstić information content (AvgIpc) is 2.68. The molecular formula is C18H18ClN3O4S2. The fraction of sp³-hybridized carbons (Fsp3) is 0.278. The number of amidine groups is 1. The molecule has 0 spiro atoms. The van der Waals surface area contributed by atoms with Crippen LogP contribution in [0, 0.1) is 0 Å². The molecule has 4 rings (SSSR count). The van der Waals surface area contributed by atoms with Crippen LogP contribution in [0.15, 0.2) is 56.7 Å². The normalized spacial score (nSPS) is 19.4. The highest BCUT2D eigenvalue weighted by Gasteiger charge is 2.31. The zero-order chi connectivity index (χ0) is 19.9. The number of hydrogen-bond donors (Lipinski definition) is 1. The van der Waals surface area contributed by atoms with Crippen LogP contribution in [0.5, 0.6) is 0 Å². The maximum absolute atomic E-state index is 12.9. The summed E-state index contributed by atoms with van der Waals surface area (Å²) in [5.41, 5.74) is 0.848. The molecule has 1 saturated heterocycles. The Kier molecular flexibility index (Phi) is 4.95. The quantitative estimate of drug-likeness (QED) is 0.792. The van der Waals surface area contributed by atoms with Crippen molar-refractivity contribution in [1.82, 2.24) is 4.31 Å². The lowest BCUT2D eigenvalue weighted by Gasteiger charge is -2.26. The minimum absolute atomic E-state index is 0.0383. The first kappa shape index (κ1) is 19.4. The van der Waals surface area contributed by atoms with Gasteiger partial charge in [0.25, 0.3) is 10.0 Å². The Morgan fingerprint density at radius 2 is 1.68 bits per heavy atom.